The van der Waals surface area contributed by atoms with Crippen molar-refractivity contribution in [2.75, 3.05) is 59.2 Å². The normalized spacial score (nSPS) is 39.1. The van der Waals surface area contributed by atoms with E-state index in [4.69, 9.17) is 41.9 Å². The summed E-state index contributed by atoms with van der Waals surface area (Å²) in [5, 5.41) is 0. The third-order valence-electron chi connectivity index (χ3n) is 12.9. The topological polar surface area (TPSA) is 141 Å². The Balaban J connectivity index is 1.57. The summed E-state index contributed by atoms with van der Waals surface area (Å²) in [7, 11) is 0. The predicted molar refractivity (Wildman–Crippen MR) is 179 cm³/mol. The molecule has 4 aliphatic carbocycles. The number of hydrogen-bond acceptors (Lipinski definition) is 8. The van der Waals surface area contributed by atoms with Gasteiger partial charge in [0.1, 0.15) is 0 Å². The van der Waals surface area contributed by atoms with Crippen molar-refractivity contribution in [3.05, 3.63) is 0 Å². The molecule has 8 heteroatoms. The second-order valence-corrected chi connectivity index (χ2v) is 15.4. The second-order valence-electron chi connectivity index (χ2n) is 15.4. The summed E-state index contributed by atoms with van der Waals surface area (Å²) in [6, 6.07) is 0. The minimum atomic E-state index is 0.150. The molecule has 0 bridgehead atoms. The van der Waals surface area contributed by atoms with E-state index in [1.54, 1.807) is 0 Å². The van der Waals surface area contributed by atoms with E-state index in [2.05, 4.69) is 20.8 Å². The Morgan fingerprint density at radius 3 is 2.02 bits per heavy atom. The molecule has 0 spiro atoms. The van der Waals surface area contributed by atoms with Gasteiger partial charge in [0.25, 0.3) is 0 Å². The van der Waals surface area contributed by atoms with Crippen LogP contribution in [-0.2, 0) is 18.9 Å². The predicted octanol–water partition coefficient (Wildman–Crippen LogP) is 4.85. The highest BCUT2D eigenvalue weighted by Gasteiger charge is 2.66. The Morgan fingerprint density at radius 2 is 1.32 bits per heavy atom. The van der Waals surface area contributed by atoms with Gasteiger partial charge in [0.15, 0.2) is 0 Å². The van der Waals surface area contributed by atoms with Gasteiger partial charge in [-0.05, 0) is 151 Å². The van der Waals surface area contributed by atoms with E-state index in [0.717, 1.165) is 90.8 Å². The lowest BCUT2D eigenvalue weighted by Gasteiger charge is -2.65. The molecule has 4 fully saturated rings. The molecule has 8 nitrogen and oxygen atoms in total. The number of fused-ring (bicyclic) bond motifs is 5. The molecule has 0 aromatic carbocycles. The van der Waals surface area contributed by atoms with Gasteiger partial charge in [-0.3, -0.25) is 0 Å². The summed E-state index contributed by atoms with van der Waals surface area (Å²) in [4.78, 5) is 0. The molecule has 0 saturated heterocycles. The quantitative estimate of drug-likeness (QED) is 0.141. The van der Waals surface area contributed by atoms with Gasteiger partial charge in [0.2, 0.25) is 0 Å². The summed E-state index contributed by atoms with van der Waals surface area (Å²) in [6.45, 7) is 14.4. The zero-order valence-electron chi connectivity index (χ0n) is 28.7. The van der Waals surface area contributed by atoms with Crippen LogP contribution >= 0.6 is 0 Å². The van der Waals surface area contributed by atoms with Gasteiger partial charge in [-0.15, -0.1) is 0 Å². The van der Waals surface area contributed by atoms with Crippen molar-refractivity contribution >= 4 is 0 Å². The van der Waals surface area contributed by atoms with Crippen LogP contribution in [0.4, 0.5) is 0 Å². The lowest BCUT2D eigenvalue weighted by molar-refractivity contribution is -0.227. The van der Waals surface area contributed by atoms with Crippen LogP contribution in [0.25, 0.3) is 0 Å². The molecule has 0 amide bonds. The average molecular weight is 623 g/mol. The number of nitrogens with two attached hydrogens (primary N) is 4. The van der Waals surface area contributed by atoms with E-state index < -0.39 is 0 Å². The highest BCUT2D eigenvalue weighted by molar-refractivity contribution is 5.15. The first-order chi connectivity index (χ1) is 21.3. The fourth-order valence-corrected chi connectivity index (χ4v) is 10.6. The van der Waals surface area contributed by atoms with E-state index in [1.807, 2.05) is 0 Å². The summed E-state index contributed by atoms with van der Waals surface area (Å²) in [5.74, 6) is 3.73. The van der Waals surface area contributed by atoms with E-state index in [9.17, 15) is 0 Å². The molecule has 4 saturated carbocycles. The Labute approximate surface area is 269 Å². The first-order valence-electron chi connectivity index (χ1n) is 18.6. The highest BCUT2D eigenvalue weighted by Crippen LogP contribution is 2.69. The van der Waals surface area contributed by atoms with Crippen LogP contribution in [0, 0.1) is 46.3 Å². The molecule has 11 atom stereocenters. The fourth-order valence-electron chi connectivity index (χ4n) is 10.6. The summed E-state index contributed by atoms with van der Waals surface area (Å²) < 4.78 is 26.1. The van der Waals surface area contributed by atoms with Crippen molar-refractivity contribution in [2.24, 2.45) is 69.3 Å². The lowest BCUT2D eigenvalue weighted by Crippen LogP contribution is -2.63. The van der Waals surface area contributed by atoms with Gasteiger partial charge in [-0.2, -0.15) is 0 Å². The second kappa shape index (κ2) is 17.7. The van der Waals surface area contributed by atoms with Crippen molar-refractivity contribution in [1.29, 1.82) is 0 Å². The third kappa shape index (κ3) is 8.21. The van der Waals surface area contributed by atoms with Crippen LogP contribution in [0.5, 0.6) is 0 Å². The molecule has 8 N–H and O–H groups in total. The van der Waals surface area contributed by atoms with E-state index >= 15 is 0 Å². The molecular weight excluding hydrogens is 552 g/mol. The fraction of sp³-hybridized carbons (Fsp3) is 1.00. The monoisotopic (exact) mass is 623 g/mol. The van der Waals surface area contributed by atoms with Crippen molar-refractivity contribution in [1.82, 2.24) is 0 Å². The van der Waals surface area contributed by atoms with Crippen LogP contribution in [0.2, 0.25) is 0 Å². The first kappa shape index (κ1) is 36.5. The SMILES string of the molecule is CC(CCCOCCCN)C1CC[C@H]2C3[C@H](OCCCN)CC4C[C@H](OCCCN)CCC4(C)[C@H]3C[C@H](OCCCN)C12C. The van der Waals surface area contributed by atoms with E-state index in [1.165, 1.54) is 25.7 Å². The van der Waals surface area contributed by atoms with Crippen molar-refractivity contribution in [3.63, 3.8) is 0 Å². The maximum Gasteiger partial charge on any atom is 0.0637 e. The molecule has 0 aliphatic heterocycles. The van der Waals surface area contributed by atoms with Crippen molar-refractivity contribution < 1.29 is 18.9 Å². The molecule has 0 heterocycles. The zero-order valence-corrected chi connectivity index (χ0v) is 28.7. The van der Waals surface area contributed by atoms with Gasteiger partial charge in [-0.1, -0.05) is 20.8 Å². The summed E-state index contributed by atoms with van der Waals surface area (Å²) >= 11 is 0. The Morgan fingerprint density at radius 1 is 0.682 bits per heavy atom. The largest absolute Gasteiger partial charge is 0.381 e. The Hall–Kier alpha value is -0.320. The molecule has 44 heavy (non-hydrogen) atoms. The average Bonchev–Trinajstić information content (AvgIpc) is 3.38. The number of ether oxygens (including phenoxy) is 4. The van der Waals surface area contributed by atoms with Crippen LogP contribution in [0.15, 0.2) is 0 Å². The zero-order chi connectivity index (χ0) is 31.6. The van der Waals surface area contributed by atoms with Gasteiger partial charge in [0.05, 0.1) is 18.3 Å². The van der Waals surface area contributed by atoms with Crippen LogP contribution in [-0.4, -0.2) is 77.5 Å². The minimum absolute atomic E-state index is 0.150. The first-order valence-corrected chi connectivity index (χ1v) is 18.6. The molecule has 0 aromatic heterocycles. The molecule has 258 valence electrons. The van der Waals surface area contributed by atoms with Crippen molar-refractivity contribution in [2.45, 2.75) is 123 Å². The molecule has 6 unspecified atom stereocenters. The molecule has 4 rings (SSSR count). The van der Waals surface area contributed by atoms with Crippen LogP contribution < -0.4 is 22.9 Å². The smallest absolute Gasteiger partial charge is 0.0637 e. The van der Waals surface area contributed by atoms with Gasteiger partial charge >= 0.3 is 0 Å². The van der Waals surface area contributed by atoms with Crippen LogP contribution in [0.1, 0.15) is 104 Å². The summed E-state index contributed by atoms with van der Waals surface area (Å²) in [5.41, 5.74) is 23.8. The maximum atomic E-state index is 6.97. The molecule has 0 radical (unpaired) electrons. The molecular formula is C36H70N4O4. The number of hydrogen-bond donors (Lipinski definition) is 4. The number of rotatable bonds is 20. The minimum Gasteiger partial charge on any atom is -0.381 e. The van der Waals surface area contributed by atoms with E-state index in [0.29, 0.717) is 79.3 Å². The van der Waals surface area contributed by atoms with Gasteiger partial charge in [-0.25, -0.2) is 0 Å². The Kier molecular flexibility index (Phi) is 14.7. The van der Waals surface area contributed by atoms with Gasteiger partial charge in [0, 0.05) is 38.4 Å². The highest BCUT2D eigenvalue weighted by atomic mass is 16.5. The molecule has 4 aliphatic rings. The summed E-state index contributed by atoms with van der Waals surface area (Å²) in [6.07, 6.45) is 15.4. The van der Waals surface area contributed by atoms with E-state index in [-0.39, 0.29) is 11.5 Å². The van der Waals surface area contributed by atoms with Gasteiger partial charge < -0.3 is 41.9 Å². The standard InChI is InChI=1S/C36H70N4O4/c1-26(9-4-18-41-19-5-14-37)29-10-11-30-34-31(25-33(36(29,30)3)44-22-8-17-40)35(2)13-12-28(42-20-6-15-38)23-27(35)24-32(34)43-21-7-16-39/h26-34H,4-25,37-40H2,1-3H3/t26?,27?,28-,29?,30+,31+,32-,33+,34?,35?,36?/m1/s1. The van der Waals surface area contributed by atoms with Crippen LogP contribution in [0.3, 0.4) is 0 Å². The lowest BCUT2D eigenvalue weighted by atomic mass is 9.43. The maximum absolute atomic E-state index is 6.97. The third-order valence-corrected chi connectivity index (χ3v) is 12.9. The van der Waals surface area contributed by atoms with Crippen molar-refractivity contribution in [3.8, 4) is 0 Å². The molecule has 0 aromatic rings. The Bertz CT molecular complexity index is 821.